The van der Waals surface area contributed by atoms with Crippen LogP contribution in [0.2, 0.25) is 20.1 Å². The molecular formula is C25H36Cl4O4. The van der Waals surface area contributed by atoms with Crippen molar-refractivity contribution >= 4 is 58.3 Å². The fourth-order valence-corrected chi connectivity index (χ4v) is 4.24. The van der Waals surface area contributed by atoms with Crippen LogP contribution in [0.3, 0.4) is 0 Å². The van der Waals surface area contributed by atoms with E-state index in [9.17, 15) is 9.59 Å². The van der Waals surface area contributed by atoms with E-state index >= 15 is 0 Å². The van der Waals surface area contributed by atoms with E-state index < -0.39 is 5.97 Å². The summed E-state index contributed by atoms with van der Waals surface area (Å²) in [5.74, 6) is -0.525. The van der Waals surface area contributed by atoms with Crippen LogP contribution in [0.1, 0.15) is 103 Å². The van der Waals surface area contributed by atoms with Gasteiger partial charge >= 0.3 is 11.9 Å². The molecule has 4 nitrogen and oxygen atoms in total. The number of esters is 2. The van der Waals surface area contributed by atoms with E-state index in [-0.39, 0.29) is 38.2 Å². The Hall–Kier alpha value is -0.680. The molecule has 0 atom stereocenters. The number of ether oxygens (including phenoxy) is 2. The lowest BCUT2D eigenvalue weighted by atomic mass is 10.1. The molecule has 0 saturated carbocycles. The van der Waals surface area contributed by atoms with Gasteiger partial charge in [-0.2, -0.15) is 0 Å². The molecule has 0 aliphatic carbocycles. The number of hydrogen-bond donors (Lipinski definition) is 0. The van der Waals surface area contributed by atoms with Crippen molar-refractivity contribution in [2.75, 3.05) is 6.61 Å². The van der Waals surface area contributed by atoms with Crippen LogP contribution in [0, 0.1) is 0 Å². The summed E-state index contributed by atoms with van der Waals surface area (Å²) in [5.41, 5.74) is 0. The van der Waals surface area contributed by atoms with Crippen molar-refractivity contribution in [2.45, 2.75) is 103 Å². The van der Waals surface area contributed by atoms with Crippen molar-refractivity contribution in [1.82, 2.24) is 0 Å². The van der Waals surface area contributed by atoms with Crippen LogP contribution < -0.4 is 4.74 Å². The summed E-state index contributed by atoms with van der Waals surface area (Å²) in [6, 6.07) is 1.40. The molecule has 0 saturated heterocycles. The van der Waals surface area contributed by atoms with Crippen LogP contribution in [0.4, 0.5) is 0 Å². The van der Waals surface area contributed by atoms with Crippen molar-refractivity contribution in [3.63, 3.8) is 0 Å². The molecule has 0 bridgehead atoms. The Bertz CT molecular complexity index is 699. The molecule has 8 heteroatoms. The SMILES string of the molecule is CCCCCCCCCOC(=O)CCCCCCCCC(=O)Oc1c(Cl)c(Cl)cc(Cl)c1Cl. The first-order valence-electron chi connectivity index (χ1n) is 12.1. The van der Waals surface area contributed by atoms with Crippen LogP contribution in [0.15, 0.2) is 6.07 Å². The summed E-state index contributed by atoms with van der Waals surface area (Å²) in [7, 11) is 0. The van der Waals surface area contributed by atoms with Gasteiger partial charge in [0.2, 0.25) is 0 Å². The summed E-state index contributed by atoms with van der Waals surface area (Å²) in [6.45, 7) is 2.76. The van der Waals surface area contributed by atoms with Gasteiger partial charge in [-0.1, -0.05) is 118 Å². The van der Waals surface area contributed by atoms with E-state index in [2.05, 4.69) is 6.92 Å². The Morgan fingerprint density at radius 2 is 1.12 bits per heavy atom. The average molecular weight is 542 g/mol. The maximum atomic E-state index is 12.1. The number of rotatable bonds is 18. The summed E-state index contributed by atoms with van der Waals surface area (Å²) in [5, 5.41) is 0.492. The van der Waals surface area contributed by atoms with Crippen molar-refractivity contribution in [1.29, 1.82) is 0 Å². The number of unbranched alkanes of at least 4 members (excludes halogenated alkanes) is 11. The van der Waals surface area contributed by atoms with E-state index in [1.165, 1.54) is 38.2 Å². The van der Waals surface area contributed by atoms with Gasteiger partial charge in [-0.3, -0.25) is 9.59 Å². The smallest absolute Gasteiger partial charge is 0.311 e. The molecule has 0 heterocycles. The molecular weight excluding hydrogens is 506 g/mol. The number of halogens is 4. The second-order valence-corrected chi connectivity index (χ2v) is 9.80. The topological polar surface area (TPSA) is 52.6 Å². The monoisotopic (exact) mass is 540 g/mol. The van der Waals surface area contributed by atoms with Crippen molar-refractivity contribution in [3.8, 4) is 5.75 Å². The quantitative estimate of drug-likeness (QED) is 0.0802. The first-order valence-corrected chi connectivity index (χ1v) is 13.6. The van der Waals surface area contributed by atoms with E-state index in [1.54, 1.807) is 0 Å². The minimum Gasteiger partial charge on any atom is -0.466 e. The second kappa shape index (κ2) is 18.6. The molecule has 33 heavy (non-hydrogen) atoms. The van der Waals surface area contributed by atoms with Crippen LogP contribution in [0.25, 0.3) is 0 Å². The predicted molar refractivity (Wildman–Crippen MR) is 138 cm³/mol. The molecule has 0 spiro atoms. The standard InChI is InChI=1S/C25H36Cl4O4/c1-2-3-4-5-8-11-14-17-32-21(30)15-12-9-6-7-10-13-16-22(31)33-25-23(28)19(26)18-20(27)24(25)29/h18H,2-17H2,1H3. The van der Waals surface area contributed by atoms with Gasteiger partial charge in [-0.05, 0) is 25.3 Å². The predicted octanol–water partition coefficient (Wildman–Crippen LogP) is 9.62. The lowest BCUT2D eigenvalue weighted by molar-refractivity contribution is -0.144. The molecule has 0 aromatic heterocycles. The lowest BCUT2D eigenvalue weighted by Crippen LogP contribution is -2.08. The van der Waals surface area contributed by atoms with E-state index in [4.69, 9.17) is 55.9 Å². The summed E-state index contributed by atoms with van der Waals surface area (Å²) < 4.78 is 10.6. The average Bonchev–Trinajstić information content (AvgIpc) is 2.79. The summed E-state index contributed by atoms with van der Waals surface area (Å²) >= 11 is 24.0. The van der Waals surface area contributed by atoms with Gasteiger partial charge < -0.3 is 9.47 Å². The molecule has 1 aromatic carbocycles. The van der Waals surface area contributed by atoms with Crippen molar-refractivity contribution in [2.24, 2.45) is 0 Å². The Labute approximate surface area is 218 Å². The second-order valence-electron chi connectivity index (χ2n) is 8.23. The van der Waals surface area contributed by atoms with Gasteiger partial charge in [-0.15, -0.1) is 0 Å². The number of carbonyl (C=O) groups is 2. The third-order valence-electron chi connectivity index (χ3n) is 5.31. The highest BCUT2D eigenvalue weighted by Crippen LogP contribution is 2.43. The van der Waals surface area contributed by atoms with E-state index in [0.717, 1.165) is 44.9 Å². The fraction of sp³-hybridized carbons (Fsp3) is 0.680. The first kappa shape index (κ1) is 30.4. The van der Waals surface area contributed by atoms with E-state index in [1.807, 2.05) is 0 Å². The third kappa shape index (κ3) is 13.7. The van der Waals surface area contributed by atoms with Gasteiger partial charge in [0.25, 0.3) is 0 Å². The fourth-order valence-electron chi connectivity index (χ4n) is 3.37. The maximum Gasteiger partial charge on any atom is 0.311 e. The molecule has 0 aliphatic heterocycles. The molecule has 0 fully saturated rings. The van der Waals surface area contributed by atoms with Gasteiger partial charge in [-0.25, -0.2) is 0 Å². The molecule has 0 aliphatic rings. The van der Waals surface area contributed by atoms with Gasteiger partial charge in [0.15, 0.2) is 5.75 Å². The minimum atomic E-state index is -0.430. The number of benzene rings is 1. The molecule has 0 unspecified atom stereocenters. The third-order valence-corrected chi connectivity index (χ3v) is 6.85. The normalized spacial score (nSPS) is 10.9. The minimum absolute atomic E-state index is 0.000284. The molecule has 0 amide bonds. The lowest BCUT2D eigenvalue weighted by Gasteiger charge is -2.10. The summed E-state index contributed by atoms with van der Waals surface area (Å²) in [6.07, 6.45) is 14.6. The van der Waals surface area contributed by atoms with Crippen LogP contribution in [0.5, 0.6) is 5.75 Å². The number of carbonyl (C=O) groups excluding carboxylic acids is 2. The molecule has 1 rings (SSSR count). The Morgan fingerprint density at radius 1 is 0.667 bits per heavy atom. The van der Waals surface area contributed by atoms with Crippen LogP contribution in [-0.2, 0) is 14.3 Å². The van der Waals surface area contributed by atoms with E-state index in [0.29, 0.717) is 19.4 Å². The Kier molecular flexibility index (Phi) is 17.1. The van der Waals surface area contributed by atoms with Crippen LogP contribution in [-0.4, -0.2) is 18.5 Å². The largest absolute Gasteiger partial charge is 0.466 e. The Balaban J connectivity index is 2.01. The zero-order valence-electron chi connectivity index (χ0n) is 19.5. The summed E-state index contributed by atoms with van der Waals surface area (Å²) in [4.78, 5) is 23.8. The van der Waals surface area contributed by atoms with Crippen LogP contribution >= 0.6 is 46.4 Å². The first-order chi connectivity index (χ1) is 15.9. The highest BCUT2D eigenvalue weighted by molar-refractivity contribution is 6.48. The zero-order chi connectivity index (χ0) is 24.5. The van der Waals surface area contributed by atoms with Gasteiger partial charge in [0, 0.05) is 12.8 Å². The highest BCUT2D eigenvalue weighted by Gasteiger charge is 2.18. The van der Waals surface area contributed by atoms with Gasteiger partial charge in [0.1, 0.15) is 10.0 Å². The van der Waals surface area contributed by atoms with Crippen molar-refractivity contribution < 1.29 is 19.1 Å². The maximum absolute atomic E-state index is 12.1. The van der Waals surface area contributed by atoms with Gasteiger partial charge in [0.05, 0.1) is 16.7 Å². The molecule has 0 radical (unpaired) electrons. The molecule has 0 N–H and O–H groups in total. The molecule has 1 aromatic rings. The molecule has 188 valence electrons. The Morgan fingerprint density at radius 3 is 1.67 bits per heavy atom. The highest BCUT2D eigenvalue weighted by atomic mass is 35.5. The zero-order valence-corrected chi connectivity index (χ0v) is 22.6. The number of hydrogen-bond acceptors (Lipinski definition) is 4. The van der Waals surface area contributed by atoms with Crippen molar-refractivity contribution in [3.05, 3.63) is 26.2 Å².